The molecule has 5 heteroatoms. The molecule has 0 saturated carbocycles. The Labute approximate surface area is 153 Å². The van der Waals surface area contributed by atoms with Gasteiger partial charge < -0.3 is 15.3 Å². The molecule has 0 aromatic carbocycles. The van der Waals surface area contributed by atoms with E-state index < -0.39 is 0 Å². The van der Waals surface area contributed by atoms with Gasteiger partial charge in [0.15, 0.2) is 0 Å². The minimum absolute atomic E-state index is 0.182. The summed E-state index contributed by atoms with van der Waals surface area (Å²) in [5.41, 5.74) is 5.18. The highest BCUT2D eigenvalue weighted by atomic mass is 16.6. The maximum atomic E-state index is 12.4. The first-order chi connectivity index (χ1) is 12.1. The quantitative estimate of drug-likeness (QED) is 0.267. The smallest absolute Gasteiger partial charge is 0.323 e. The van der Waals surface area contributed by atoms with E-state index in [0.717, 1.165) is 64.1 Å². The second kappa shape index (κ2) is 12.4. The van der Waals surface area contributed by atoms with E-state index in [9.17, 15) is 9.59 Å². The van der Waals surface area contributed by atoms with Crippen molar-refractivity contribution in [2.75, 3.05) is 6.54 Å². The number of esters is 1. The molecule has 0 unspecified atom stereocenters. The first-order valence-electron chi connectivity index (χ1n) is 10.2. The molecule has 5 nitrogen and oxygen atoms in total. The number of cyclic esters (lactones) is 1. The van der Waals surface area contributed by atoms with Crippen molar-refractivity contribution in [2.45, 2.75) is 109 Å². The number of unbranched alkanes of at least 4 members (excludes halogenated alkanes) is 5. The molecular formula is C20H38N2O3. The van der Waals surface area contributed by atoms with Gasteiger partial charge in [-0.05, 0) is 45.1 Å². The molecule has 0 spiro atoms. The molecule has 1 fully saturated rings. The lowest BCUT2D eigenvalue weighted by atomic mass is 9.86. The van der Waals surface area contributed by atoms with Gasteiger partial charge in [-0.1, -0.05) is 46.0 Å². The van der Waals surface area contributed by atoms with Gasteiger partial charge in [0.25, 0.3) is 0 Å². The molecule has 1 aliphatic heterocycles. The number of nitrogens with two attached hydrogens (primary N) is 1. The Hall–Kier alpha value is -0.940. The number of rotatable bonds is 15. The van der Waals surface area contributed by atoms with E-state index in [-0.39, 0.29) is 23.7 Å². The number of nitrogens with one attached hydrogen (secondary N) is 1. The van der Waals surface area contributed by atoms with Crippen LogP contribution in [0, 0.1) is 0 Å². The summed E-state index contributed by atoms with van der Waals surface area (Å²) in [5.74, 6) is -0.182. The van der Waals surface area contributed by atoms with Crippen LogP contribution in [0.4, 0.5) is 0 Å². The Morgan fingerprint density at radius 3 is 2.32 bits per heavy atom. The number of aldehydes is 1. The second-order valence-electron chi connectivity index (χ2n) is 7.47. The first-order valence-corrected chi connectivity index (χ1v) is 10.2. The third kappa shape index (κ3) is 7.87. The SMILES string of the molecule is CCCCCC1(CCCCC)C[C@H](N[C@H](C=O)CCCCN)C(=O)O1. The lowest BCUT2D eigenvalue weighted by Crippen LogP contribution is -2.42. The van der Waals surface area contributed by atoms with Crippen molar-refractivity contribution in [3.05, 3.63) is 0 Å². The van der Waals surface area contributed by atoms with Gasteiger partial charge in [-0.15, -0.1) is 0 Å². The minimum Gasteiger partial charge on any atom is -0.458 e. The molecule has 0 aliphatic carbocycles. The highest BCUT2D eigenvalue weighted by Crippen LogP contribution is 2.37. The molecule has 2 atom stereocenters. The van der Waals surface area contributed by atoms with Crippen LogP contribution in [0.15, 0.2) is 0 Å². The highest BCUT2D eigenvalue weighted by molar-refractivity contribution is 5.79. The molecule has 3 N–H and O–H groups in total. The molecule has 1 aliphatic rings. The van der Waals surface area contributed by atoms with Crippen LogP contribution in [0.5, 0.6) is 0 Å². The predicted molar refractivity (Wildman–Crippen MR) is 101 cm³/mol. The molecule has 1 rings (SSSR count). The molecule has 0 amide bonds. The van der Waals surface area contributed by atoms with Gasteiger partial charge in [-0.25, -0.2) is 0 Å². The van der Waals surface area contributed by atoms with E-state index in [0.29, 0.717) is 13.0 Å². The van der Waals surface area contributed by atoms with E-state index in [1.54, 1.807) is 0 Å². The Balaban J connectivity index is 2.63. The number of hydrogen-bond donors (Lipinski definition) is 2. The van der Waals surface area contributed by atoms with Crippen molar-refractivity contribution in [1.29, 1.82) is 0 Å². The van der Waals surface area contributed by atoms with Crippen LogP contribution in [-0.4, -0.2) is 36.5 Å². The number of carbonyl (C=O) groups is 2. The minimum atomic E-state index is -0.351. The summed E-state index contributed by atoms with van der Waals surface area (Å²) >= 11 is 0. The van der Waals surface area contributed by atoms with Crippen LogP contribution in [0.3, 0.4) is 0 Å². The average molecular weight is 355 g/mol. The Kier molecular flexibility index (Phi) is 11.0. The number of hydrogen-bond acceptors (Lipinski definition) is 5. The van der Waals surface area contributed by atoms with Crippen molar-refractivity contribution in [2.24, 2.45) is 5.73 Å². The van der Waals surface area contributed by atoms with E-state index in [4.69, 9.17) is 10.5 Å². The summed E-state index contributed by atoms with van der Waals surface area (Å²) in [4.78, 5) is 23.7. The van der Waals surface area contributed by atoms with Crippen LogP contribution in [0.25, 0.3) is 0 Å². The largest absolute Gasteiger partial charge is 0.458 e. The Morgan fingerprint density at radius 1 is 1.16 bits per heavy atom. The van der Waals surface area contributed by atoms with Gasteiger partial charge in [0.2, 0.25) is 0 Å². The fourth-order valence-corrected chi connectivity index (χ4v) is 3.69. The standard InChI is InChI=1S/C20H38N2O3/c1-3-5-8-12-20(13-9-6-4-2)15-18(19(24)25-20)22-17(16-23)11-7-10-14-21/h16-18,22H,3-15,21H2,1-2H3/t17-,18-/m0/s1. The highest BCUT2D eigenvalue weighted by Gasteiger charge is 2.46. The van der Waals surface area contributed by atoms with E-state index >= 15 is 0 Å². The fourth-order valence-electron chi connectivity index (χ4n) is 3.69. The maximum absolute atomic E-state index is 12.4. The van der Waals surface area contributed by atoms with Crippen LogP contribution < -0.4 is 11.1 Å². The molecule has 25 heavy (non-hydrogen) atoms. The van der Waals surface area contributed by atoms with Crippen molar-refractivity contribution in [1.82, 2.24) is 5.32 Å². The lowest BCUT2D eigenvalue weighted by Gasteiger charge is -2.28. The van der Waals surface area contributed by atoms with Crippen LogP contribution >= 0.6 is 0 Å². The molecular weight excluding hydrogens is 316 g/mol. The van der Waals surface area contributed by atoms with Crippen molar-refractivity contribution >= 4 is 12.3 Å². The maximum Gasteiger partial charge on any atom is 0.323 e. The molecule has 1 heterocycles. The average Bonchev–Trinajstić information content (AvgIpc) is 2.90. The van der Waals surface area contributed by atoms with E-state index in [1.807, 2.05) is 0 Å². The Morgan fingerprint density at radius 2 is 1.80 bits per heavy atom. The summed E-state index contributed by atoms with van der Waals surface area (Å²) in [5, 5.41) is 3.23. The van der Waals surface area contributed by atoms with Crippen molar-refractivity contribution in [3.63, 3.8) is 0 Å². The topological polar surface area (TPSA) is 81.4 Å². The number of carbonyl (C=O) groups excluding carboxylic acids is 2. The zero-order valence-corrected chi connectivity index (χ0v) is 16.2. The molecule has 146 valence electrons. The van der Waals surface area contributed by atoms with Gasteiger partial charge >= 0.3 is 5.97 Å². The van der Waals surface area contributed by atoms with Crippen LogP contribution in [0.2, 0.25) is 0 Å². The van der Waals surface area contributed by atoms with Crippen molar-refractivity contribution in [3.8, 4) is 0 Å². The van der Waals surface area contributed by atoms with E-state index in [2.05, 4.69) is 19.2 Å². The van der Waals surface area contributed by atoms with Crippen LogP contribution in [-0.2, 0) is 14.3 Å². The van der Waals surface area contributed by atoms with Crippen molar-refractivity contribution < 1.29 is 14.3 Å². The van der Waals surface area contributed by atoms with Gasteiger partial charge in [0, 0.05) is 6.42 Å². The summed E-state index contributed by atoms with van der Waals surface area (Å²) in [6, 6.07) is -0.637. The zero-order chi connectivity index (χ0) is 18.5. The first kappa shape index (κ1) is 22.1. The molecule has 0 radical (unpaired) electrons. The summed E-state index contributed by atoms with van der Waals surface area (Å²) in [7, 11) is 0. The summed E-state index contributed by atoms with van der Waals surface area (Å²) in [6.07, 6.45) is 12.9. The predicted octanol–water partition coefficient (Wildman–Crippen LogP) is 3.49. The summed E-state index contributed by atoms with van der Waals surface area (Å²) < 4.78 is 5.89. The third-order valence-corrected chi connectivity index (χ3v) is 5.20. The summed E-state index contributed by atoms with van der Waals surface area (Å²) in [6.45, 7) is 5.00. The molecule has 0 aromatic rings. The monoisotopic (exact) mass is 354 g/mol. The van der Waals surface area contributed by atoms with Gasteiger partial charge in [-0.3, -0.25) is 10.1 Å². The van der Waals surface area contributed by atoms with Gasteiger partial charge in [-0.2, -0.15) is 0 Å². The lowest BCUT2D eigenvalue weighted by molar-refractivity contribution is -0.150. The second-order valence-corrected chi connectivity index (χ2v) is 7.47. The molecule has 0 aromatic heterocycles. The number of ether oxygens (including phenoxy) is 1. The normalized spacial score (nSPS) is 20.4. The molecule has 1 saturated heterocycles. The molecule has 0 bridgehead atoms. The van der Waals surface area contributed by atoms with Crippen LogP contribution in [0.1, 0.15) is 90.9 Å². The third-order valence-electron chi connectivity index (χ3n) is 5.20. The van der Waals surface area contributed by atoms with Gasteiger partial charge in [0.1, 0.15) is 17.9 Å². The fraction of sp³-hybridized carbons (Fsp3) is 0.900. The Bertz CT molecular complexity index is 377. The zero-order valence-electron chi connectivity index (χ0n) is 16.2. The van der Waals surface area contributed by atoms with Gasteiger partial charge in [0.05, 0.1) is 6.04 Å². The van der Waals surface area contributed by atoms with E-state index in [1.165, 1.54) is 12.8 Å².